The van der Waals surface area contributed by atoms with Gasteiger partial charge in [-0.1, -0.05) is 48.5 Å². The van der Waals surface area contributed by atoms with Crippen LogP contribution in [0.15, 0.2) is 72.8 Å². The van der Waals surface area contributed by atoms with Crippen LogP contribution in [0.4, 0.5) is 10.1 Å². The van der Waals surface area contributed by atoms with E-state index in [2.05, 4.69) is 4.72 Å². The van der Waals surface area contributed by atoms with E-state index in [0.717, 1.165) is 22.9 Å². The Kier molecular flexibility index (Phi) is 12.0. The first kappa shape index (κ1) is 37.5. The fraction of sp³-hybridized carbons (Fsp3) is 0.444. The van der Waals surface area contributed by atoms with Crippen molar-refractivity contribution in [2.75, 3.05) is 17.7 Å². The lowest BCUT2D eigenvalue weighted by Gasteiger charge is -2.48. The van der Waals surface area contributed by atoms with Crippen LogP contribution in [0, 0.1) is 11.7 Å². The van der Waals surface area contributed by atoms with Crippen LogP contribution >= 0.6 is 0 Å². The van der Waals surface area contributed by atoms with Crippen LogP contribution in [-0.2, 0) is 37.2 Å². The second-order valence-corrected chi connectivity index (χ2v) is 14.9. The second-order valence-electron chi connectivity index (χ2n) is 13.0. The molecule has 0 radical (unpaired) electrons. The van der Waals surface area contributed by atoms with Crippen LogP contribution < -0.4 is 9.62 Å². The lowest BCUT2D eigenvalue weighted by molar-refractivity contribution is -0.228. The number of hydrogen-bond donors (Lipinski definition) is 6. The van der Waals surface area contributed by atoms with E-state index in [1.54, 1.807) is 4.90 Å². The van der Waals surface area contributed by atoms with Crippen LogP contribution in [0.25, 0.3) is 0 Å². The number of aliphatic hydroxyl groups is 4. The molecule has 0 bridgehead atoms. The van der Waals surface area contributed by atoms with Crippen LogP contribution in [0.3, 0.4) is 0 Å². The van der Waals surface area contributed by atoms with Crippen molar-refractivity contribution in [1.29, 1.82) is 0 Å². The predicted octanol–water partition coefficient (Wildman–Crippen LogP) is 2.39. The number of ether oxygens (including phenoxy) is 1. The number of halogens is 1. The molecule has 14 heteroatoms. The molecule has 5 rings (SSSR count). The summed E-state index contributed by atoms with van der Waals surface area (Å²) >= 11 is 0. The minimum Gasteiger partial charge on any atom is -0.479 e. The fourth-order valence-electron chi connectivity index (χ4n) is 6.65. The summed E-state index contributed by atoms with van der Waals surface area (Å²) in [5.41, 5.74) is 3.92. The van der Waals surface area contributed by atoms with Gasteiger partial charge in [0.2, 0.25) is 15.9 Å². The normalized spacial score (nSPS) is 26.0. The number of hydrogen-bond acceptors (Lipinski definition) is 9. The zero-order valence-corrected chi connectivity index (χ0v) is 28.3. The average Bonchev–Trinajstić information content (AvgIpc) is 3.08. The van der Waals surface area contributed by atoms with Crippen LogP contribution in [0.5, 0.6) is 0 Å². The van der Waals surface area contributed by atoms with E-state index in [0.29, 0.717) is 43.5 Å². The number of nitrogens with one attached hydrogen (secondary N) is 1. The van der Waals surface area contributed by atoms with Gasteiger partial charge in [0.1, 0.15) is 24.1 Å². The summed E-state index contributed by atoms with van der Waals surface area (Å²) in [6.07, 6.45) is -4.85. The Morgan fingerprint density at radius 1 is 0.900 bits per heavy atom. The minimum absolute atomic E-state index is 0.104. The number of carbonyl (C=O) groups is 2. The maximum atomic E-state index is 13.6. The summed E-state index contributed by atoms with van der Waals surface area (Å²) in [5, 5.41) is 50.6. The third-order valence-corrected chi connectivity index (χ3v) is 10.2. The smallest absolute Gasteiger partial charge is 0.335 e. The fourth-order valence-corrected chi connectivity index (χ4v) is 7.16. The van der Waals surface area contributed by atoms with Crippen molar-refractivity contribution < 1.29 is 52.7 Å². The van der Waals surface area contributed by atoms with Gasteiger partial charge in [-0.2, -0.15) is 0 Å². The molecule has 3 aromatic carbocycles. The first-order valence-corrected chi connectivity index (χ1v) is 18.4. The Labute approximate surface area is 290 Å². The molecule has 50 heavy (non-hydrogen) atoms. The number of carboxylic acid groups (broad SMARTS) is 1. The highest BCUT2D eigenvalue weighted by molar-refractivity contribution is 7.88. The molecule has 1 unspecified atom stereocenters. The number of carboxylic acids is 1. The summed E-state index contributed by atoms with van der Waals surface area (Å²) < 4.78 is 44.0. The quantitative estimate of drug-likeness (QED) is 0.101. The van der Waals surface area contributed by atoms with E-state index in [9.17, 15) is 47.9 Å². The van der Waals surface area contributed by atoms with E-state index in [-0.39, 0.29) is 24.8 Å². The van der Waals surface area contributed by atoms with E-state index in [1.807, 2.05) is 48.5 Å². The molecule has 8 atom stereocenters. The Bertz CT molecular complexity index is 1720. The van der Waals surface area contributed by atoms with E-state index < -0.39 is 64.4 Å². The number of benzene rings is 3. The molecule has 1 amide bonds. The van der Waals surface area contributed by atoms with Crippen molar-refractivity contribution in [2.24, 2.45) is 5.92 Å². The molecule has 12 nitrogen and oxygen atoms in total. The Morgan fingerprint density at radius 3 is 2.14 bits per heavy atom. The summed E-state index contributed by atoms with van der Waals surface area (Å²) in [6, 6.07) is 20.3. The van der Waals surface area contributed by atoms with Gasteiger partial charge in [0.15, 0.2) is 6.10 Å². The number of aliphatic carboxylic acids is 1. The molecule has 0 saturated carbocycles. The van der Waals surface area contributed by atoms with Gasteiger partial charge in [-0.15, -0.1) is 0 Å². The molecule has 2 saturated heterocycles. The van der Waals surface area contributed by atoms with Crippen molar-refractivity contribution in [3.05, 3.63) is 101 Å². The molecule has 0 aliphatic carbocycles. The van der Waals surface area contributed by atoms with Gasteiger partial charge >= 0.3 is 5.97 Å². The molecule has 0 spiro atoms. The predicted molar refractivity (Wildman–Crippen MR) is 181 cm³/mol. The highest BCUT2D eigenvalue weighted by Crippen LogP contribution is 2.46. The zero-order chi connectivity index (χ0) is 36.2. The van der Waals surface area contributed by atoms with Crippen LogP contribution in [-0.4, -0.2) is 89.1 Å². The zero-order valence-electron chi connectivity index (χ0n) is 27.5. The van der Waals surface area contributed by atoms with Gasteiger partial charge in [0.05, 0.1) is 30.4 Å². The number of carbonyl (C=O) groups excluding carboxylic acids is 1. The molecule has 3 aromatic rings. The van der Waals surface area contributed by atoms with Gasteiger partial charge in [0, 0.05) is 12.2 Å². The van der Waals surface area contributed by atoms with Gasteiger partial charge < -0.3 is 35.2 Å². The van der Waals surface area contributed by atoms with Gasteiger partial charge in [0.25, 0.3) is 0 Å². The van der Waals surface area contributed by atoms with Crippen molar-refractivity contribution in [3.63, 3.8) is 0 Å². The first-order chi connectivity index (χ1) is 23.7. The summed E-state index contributed by atoms with van der Waals surface area (Å²) in [7, 11) is -3.26. The molecule has 2 aliphatic heterocycles. The molecule has 2 fully saturated rings. The second kappa shape index (κ2) is 16.1. The third kappa shape index (κ3) is 8.93. The lowest BCUT2D eigenvalue weighted by atomic mass is 9.78. The standard InChI is InChI=1S/C36H43FN2O10S/c1-50(47,48)38-20-2-3-21-6-15-26(16-7-21)39-30(27(35(39)44)17-18-28(40)23-11-13-25(37)14-12-23)24-9-4-22(5-10-24)8-19-29-31(41)32(42)33(43)34(49-29)36(45)46/h4-7,9-16,27-34,38,40-43H,2-3,8,17-20H2,1H3,(H,45,46)/t27-,28+,29?,30-,31+,32-,33+,34+/m1/s1. The molecule has 0 aromatic heterocycles. The lowest BCUT2D eigenvalue weighted by Crippen LogP contribution is -2.59. The molecule has 6 N–H and O–H groups in total. The number of nitrogens with zero attached hydrogens (tertiary/aromatic N) is 1. The molecule has 2 aliphatic rings. The molecule has 2 heterocycles. The molecular weight excluding hydrogens is 671 g/mol. The van der Waals surface area contributed by atoms with Crippen LogP contribution in [0.1, 0.15) is 60.1 Å². The first-order valence-electron chi connectivity index (χ1n) is 16.5. The van der Waals surface area contributed by atoms with E-state index in [1.165, 1.54) is 24.3 Å². The summed E-state index contributed by atoms with van der Waals surface area (Å²) in [4.78, 5) is 26.8. The topological polar surface area (TPSA) is 194 Å². The van der Waals surface area contributed by atoms with Crippen molar-refractivity contribution in [2.45, 2.75) is 81.2 Å². The molecule has 270 valence electrons. The van der Waals surface area contributed by atoms with Crippen molar-refractivity contribution >= 4 is 27.6 Å². The van der Waals surface area contributed by atoms with Crippen LogP contribution in [0.2, 0.25) is 0 Å². The Balaban J connectivity index is 1.29. The van der Waals surface area contributed by atoms with Crippen molar-refractivity contribution in [1.82, 2.24) is 4.72 Å². The van der Waals surface area contributed by atoms with E-state index in [4.69, 9.17) is 4.74 Å². The van der Waals surface area contributed by atoms with Gasteiger partial charge in [-0.3, -0.25) is 4.79 Å². The summed E-state index contributed by atoms with van der Waals surface area (Å²) in [5.74, 6) is -2.39. The Hall–Kier alpha value is -3.76. The van der Waals surface area contributed by atoms with Gasteiger partial charge in [-0.25, -0.2) is 22.3 Å². The minimum atomic E-state index is -3.26. The van der Waals surface area contributed by atoms with E-state index >= 15 is 0 Å². The summed E-state index contributed by atoms with van der Waals surface area (Å²) in [6.45, 7) is 0.316. The highest BCUT2D eigenvalue weighted by Gasteiger charge is 2.49. The number of aliphatic hydroxyl groups excluding tert-OH is 4. The largest absolute Gasteiger partial charge is 0.479 e. The number of rotatable bonds is 15. The maximum absolute atomic E-state index is 13.6. The Morgan fingerprint density at radius 2 is 1.52 bits per heavy atom. The monoisotopic (exact) mass is 714 g/mol. The number of anilines is 1. The van der Waals surface area contributed by atoms with Gasteiger partial charge in [-0.05, 0) is 85.0 Å². The molecular formula is C36H43FN2O10S. The number of amides is 1. The maximum Gasteiger partial charge on any atom is 0.335 e. The highest BCUT2D eigenvalue weighted by atomic mass is 32.2. The number of aryl methyl sites for hydroxylation is 2. The average molecular weight is 715 g/mol. The van der Waals surface area contributed by atoms with Crippen molar-refractivity contribution in [3.8, 4) is 0 Å². The number of sulfonamides is 1. The SMILES string of the molecule is CS(=O)(=O)NCCCc1ccc(N2C(=O)[C@H](CC[C@H](O)c3ccc(F)cc3)[C@H]2c2ccc(CCC3O[C@H](C(=O)O)[C@@H](O)[C@H](O)[C@H]3O)cc2)cc1. The number of β-lactam (4-membered cyclic amide) rings is 1. The third-order valence-electron chi connectivity index (χ3n) is 9.44.